The van der Waals surface area contributed by atoms with E-state index in [0.717, 1.165) is 34.2 Å². The molecule has 1 N–H and O–H groups in total. The molecule has 1 aromatic heterocycles. The molecular formula is C23H16F3N3OS. The van der Waals surface area contributed by atoms with Crippen molar-refractivity contribution in [1.82, 2.24) is 10.2 Å². The van der Waals surface area contributed by atoms with Crippen LogP contribution in [-0.4, -0.2) is 21.9 Å². The van der Waals surface area contributed by atoms with Crippen LogP contribution in [0.4, 0.5) is 18.9 Å². The minimum atomic E-state index is -4.47. The third-order valence-electron chi connectivity index (χ3n) is 4.51. The molecule has 0 aliphatic carbocycles. The molecule has 0 bridgehead atoms. The second kappa shape index (κ2) is 8.77. The minimum absolute atomic E-state index is 0.0143. The molecule has 0 radical (unpaired) electrons. The van der Waals surface area contributed by atoms with Crippen molar-refractivity contribution in [3.8, 4) is 11.3 Å². The van der Waals surface area contributed by atoms with Gasteiger partial charge in [0.2, 0.25) is 5.91 Å². The van der Waals surface area contributed by atoms with Crippen molar-refractivity contribution in [3.05, 3.63) is 84.4 Å². The molecule has 156 valence electrons. The van der Waals surface area contributed by atoms with Crippen LogP contribution in [-0.2, 0) is 11.0 Å². The van der Waals surface area contributed by atoms with Crippen LogP contribution < -0.4 is 5.32 Å². The van der Waals surface area contributed by atoms with E-state index in [-0.39, 0.29) is 11.4 Å². The van der Waals surface area contributed by atoms with Crippen LogP contribution in [0, 0.1) is 0 Å². The summed E-state index contributed by atoms with van der Waals surface area (Å²) in [5.74, 6) is -0.443. The van der Waals surface area contributed by atoms with Gasteiger partial charge < -0.3 is 5.32 Å². The van der Waals surface area contributed by atoms with Gasteiger partial charge in [-0.05, 0) is 18.2 Å². The van der Waals surface area contributed by atoms with Crippen LogP contribution in [0.3, 0.4) is 0 Å². The Morgan fingerprint density at radius 2 is 1.58 bits per heavy atom. The molecule has 0 atom stereocenters. The fraction of sp³-hybridized carbons (Fsp3) is 0.0870. The first-order valence-corrected chi connectivity index (χ1v) is 10.3. The molecule has 4 aromatic rings. The van der Waals surface area contributed by atoms with E-state index in [1.807, 2.05) is 54.6 Å². The number of hydrogen-bond acceptors (Lipinski definition) is 4. The van der Waals surface area contributed by atoms with Gasteiger partial charge in [-0.1, -0.05) is 72.4 Å². The molecule has 1 amide bonds. The summed E-state index contributed by atoms with van der Waals surface area (Å²) in [4.78, 5) is 12.3. The fourth-order valence-corrected chi connectivity index (χ4v) is 3.87. The molecule has 0 unspecified atom stereocenters. The van der Waals surface area contributed by atoms with Gasteiger partial charge in [0, 0.05) is 22.0 Å². The zero-order chi connectivity index (χ0) is 21.8. The van der Waals surface area contributed by atoms with E-state index < -0.39 is 17.6 Å². The number of hydrogen-bond donors (Lipinski definition) is 1. The molecule has 0 saturated heterocycles. The van der Waals surface area contributed by atoms with Gasteiger partial charge in [-0.25, -0.2) is 0 Å². The van der Waals surface area contributed by atoms with Crippen LogP contribution in [0.5, 0.6) is 0 Å². The molecule has 8 heteroatoms. The number of rotatable bonds is 5. The molecule has 4 nitrogen and oxygen atoms in total. The summed E-state index contributed by atoms with van der Waals surface area (Å²) in [6.45, 7) is 0. The molecule has 0 saturated carbocycles. The highest BCUT2D eigenvalue weighted by Crippen LogP contribution is 2.32. The molecule has 0 aliphatic rings. The highest BCUT2D eigenvalue weighted by atomic mass is 32.2. The predicted octanol–water partition coefficient (Wildman–Crippen LogP) is 6.05. The van der Waals surface area contributed by atoms with Gasteiger partial charge in [-0.15, -0.1) is 10.2 Å². The van der Waals surface area contributed by atoms with Crippen molar-refractivity contribution in [1.29, 1.82) is 0 Å². The van der Waals surface area contributed by atoms with E-state index in [1.165, 1.54) is 23.9 Å². The largest absolute Gasteiger partial charge is 0.416 e. The zero-order valence-corrected chi connectivity index (χ0v) is 16.9. The average molecular weight is 439 g/mol. The summed E-state index contributed by atoms with van der Waals surface area (Å²) in [5, 5.41) is 13.5. The quantitative estimate of drug-likeness (QED) is 0.385. The average Bonchev–Trinajstić information content (AvgIpc) is 2.77. The second-order valence-corrected chi connectivity index (χ2v) is 7.64. The molecule has 1 heterocycles. The standard InChI is InChI=1S/C23H16F3N3OS/c24-23(25,26)16-9-6-10-17(13-16)27-20(30)14-31-22-19-12-5-4-11-18(19)21(28-29-22)15-7-2-1-3-8-15/h1-13H,14H2,(H,27,30). The Morgan fingerprint density at radius 1 is 0.871 bits per heavy atom. The fourth-order valence-electron chi connectivity index (χ4n) is 3.10. The first-order chi connectivity index (χ1) is 14.9. The van der Waals surface area contributed by atoms with E-state index >= 15 is 0 Å². The number of amides is 1. The molecule has 31 heavy (non-hydrogen) atoms. The van der Waals surface area contributed by atoms with E-state index in [1.54, 1.807) is 0 Å². The van der Waals surface area contributed by atoms with Gasteiger partial charge in [0.15, 0.2) is 0 Å². The number of anilines is 1. The topological polar surface area (TPSA) is 54.9 Å². The summed E-state index contributed by atoms with van der Waals surface area (Å²) in [6, 6.07) is 21.9. The predicted molar refractivity (Wildman–Crippen MR) is 116 cm³/mol. The van der Waals surface area contributed by atoms with Crippen molar-refractivity contribution >= 4 is 34.1 Å². The summed E-state index contributed by atoms with van der Waals surface area (Å²) in [5.41, 5.74) is 0.959. The summed E-state index contributed by atoms with van der Waals surface area (Å²) >= 11 is 1.18. The maximum absolute atomic E-state index is 12.8. The lowest BCUT2D eigenvalue weighted by molar-refractivity contribution is -0.137. The van der Waals surface area contributed by atoms with E-state index in [4.69, 9.17) is 0 Å². The molecule has 0 fully saturated rings. The van der Waals surface area contributed by atoms with E-state index in [9.17, 15) is 18.0 Å². The number of nitrogens with one attached hydrogen (secondary N) is 1. The highest BCUT2D eigenvalue weighted by Gasteiger charge is 2.30. The third-order valence-corrected chi connectivity index (χ3v) is 5.50. The van der Waals surface area contributed by atoms with Gasteiger partial charge in [-0.3, -0.25) is 4.79 Å². The molecule has 0 spiro atoms. The van der Waals surface area contributed by atoms with Crippen LogP contribution in [0.1, 0.15) is 5.56 Å². The van der Waals surface area contributed by atoms with E-state index in [2.05, 4.69) is 15.5 Å². The normalized spacial score (nSPS) is 11.5. The lowest BCUT2D eigenvalue weighted by Gasteiger charge is -2.11. The Balaban J connectivity index is 1.52. The zero-order valence-electron chi connectivity index (χ0n) is 16.1. The molecule has 4 rings (SSSR count). The Kier molecular flexibility index (Phi) is 5.90. The lowest BCUT2D eigenvalue weighted by atomic mass is 10.1. The van der Waals surface area contributed by atoms with Crippen molar-refractivity contribution in [2.45, 2.75) is 11.2 Å². The Morgan fingerprint density at radius 3 is 2.32 bits per heavy atom. The number of aromatic nitrogens is 2. The highest BCUT2D eigenvalue weighted by molar-refractivity contribution is 8.00. The van der Waals surface area contributed by atoms with Crippen molar-refractivity contribution in [2.24, 2.45) is 0 Å². The molecule has 3 aromatic carbocycles. The van der Waals surface area contributed by atoms with Gasteiger partial charge in [0.1, 0.15) is 10.7 Å². The molecular weight excluding hydrogens is 423 g/mol. The van der Waals surface area contributed by atoms with Crippen molar-refractivity contribution in [2.75, 3.05) is 11.1 Å². The third kappa shape index (κ3) is 4.86. The van der Waals surface area contributed by atoms with Gasteiger partial charge in [0.25, 0.3) is 0 Å². The van der Waals surface area contributed by atoms with Crippen LogP contribution in [0.25, 0.3) is 22.0 Å². The van der Waals surface area contributed by atoms with Gasteiger partial charge >= 0.3 is 6.18 Å². The maximum Gasteiger partial charge on any atom is 0.416 e. The number of thioether (sulfide) groups is 1. The van der Waals surface area contributed by atoms with Crippen molar-refractivity contribution < 1.29 is 18.0 Å². The number of carbonyl (C=O) groups excluding carboxylic acids is 1. The number of nitrogens with zero attached hydrogens (tertiary/aromatic N) is 2. The number of carbonyl (C=O) groups is 1. The van der Waals surface area contributed by atoms with Crippen molar-refractivity contribution in [3.63, 3.8) is 0 Å². The van der Waals surface area contributed by atoms with Crippen LogP contribution in [0.15, 0.2) is 83.9 Å². The maximum atomic E-state index is 12.8. The first kappa shape index (κ1) is 20.9. The SMILES string of the molecule is O=C(CSc1nnc(-c2ccccc2)c2ccccc12)Nc1cccc(C(F)(F)F)c1. The summed E-state index contributed by atoms with van der Waals surface area (Å²) in [7, 11) is 0. The summed E-state index contributed by atoms with van der Waals surface area (Å²) in [6.07, 6.45) is -4.47. The Bertz CT molecular complexity index is 1230. The Labute approximate surface area is 180 Å². The first-order valence-electron chi connectivity index (χ1n) is 9.32. The van der Waals surface area contributed by atoms with Gasteiger partial charge in [-0.2, -0.15) is 13.2 Å². The number of fused-ring (bicyclic) bond motifs is 1. The Hall–Kier alpha value is -3.39. The molecule has 0 aliphatic heterocycles. The van der Waals surface area contributed by atoms with Crippen LogP contribution in [0.2, 0.25) is 0 Å². The smallest absolute Gasteiger partial charge is 0.325 e. The minimum Gasteiger partial charge on any atom is -0.325 e. The summed E-state index contributed by atoms with van der Waals surface area (Å²) < 4.78 is 38.5. The van der Waals surface area contributed by atoms with Gasteiger partial charge in [0.05, 0.1) is 11.3 Å². The number of halogens is 3. The lowest BCUT2D eigenvalue weighted by Crippen LogP contribution is -2.15. The number of benzene rings is 3. The van der Waals surface area contributed by atoms with Crippen LogP contribution >= 0.6 is 11.8 Å². The van der Waals surface area contributed by atoms with E-state index in [0.29, 0.717) is 5.03 Å². The monoisotopic (exact) mass is 439 g/mol. The second-order valence-electron chi connectivity index (χ2n) is 6.68. The number of alkyl halides is 3.